The zero-order valence-corrected chi connectivity index (χ0v) is 7.80. The summed E-state index contributed by atoms with van der Waals surface area (Å²) in [5.74, 6) is 0.274. The Bertz CT molecular complexity index is 347. The highest BCUT2D eigenvalue weighted by molar-refractivity contribution is 5.37. The highest BCUT2D eigenvalue weighted by Gasteiger charge is 2.32. The lowest BCUT2D eigenvalue weighted by Gasteiger charge is -2.28. The second kappa shape index (κ2) is 3.69. The maximum Gasteiger partial charge on any atom is 0.433 e. The van der Waals surface area contributed by atoms with Crippen molar-refractivity contribution in [1.29, 1.82) is 0 Å². The van der Waals surface area contributed by atoms with Crippen LogP contribution < -0.4 is 10.6 Å². The molecule has 2 rings (SSSR count). The number of nitrogens with zero attached hydrogens (tertiary/aromatic N) is 1. The predicted octanol–water partition coefficient (Wildman–Crippen LogP) is 1.48. The van der Waals surface area contributed by atoms with Gasteiger partial charge in [0.2, 0.25) is 0 Å². The van der Waals surface area contributed by atoms with E-state index in [1.807, 2.05) is 0 Å². The van der Waals surface area contributed by atoms with Crippen LogP contribution in [0.3, 0.4) is 0 Å². The van der Waals surface area contributed by atoms with Gasteiger partial charge in [-0.1, -0.05) is 6.07 Å². The smallest absolute Gasteiger partial charge is 0.365 e. The highest BCUT2D eigenvalue weighted by atomic mass is 19.4. The van der Waals surface area contributed by atoms with Gasteiger partial charge < -0.3 is 10.6 Å². The van der Waals surface area contributed by atoms with E-state index in [0.717, 1.165) is 19.2 Å². The largest absolute Gasteiger partial charge is 0.433 e. The number of rotatable bonds is 2. The van der Waals surface area contributed by atoms with E-state index in [1.165, 1.54) is 12.1 Å². The second-order valence-corrected chi connectivity index (χ2v) is 3.41. The number of halogens is 3. The van der Waals surface area contributed by atoms with Gasteiger partial charge in [-0.2, -0.15) is 13.2 Å². The minimum atomic E-state index is -4.38. The van der Waals surface area contributed by atoms with Gasteiger partial charge >= 0.3 is 6.18 Å². The number of alkyl halides is 3. The summed E-state index contributed by atoms with van der Waals surface area (Å²) >= 11 is 0. The lowest BCUT2D eigenvalue weighted by Crippen LogP contribution is -2.51. The molecular formula is C9H10F3N3. The minimum Gasteiger partial charge on any atom is -0.365 e. The van der Waals surface area contributed by atoms with Crippen molar-refractivity contribution >= 4 is 5.82 Å². The Morgan fingerprint density at radius 2 is 2.07 bits per heavy atom. The molecule has 1 aliphatic heterocycles. The summed E-state index contributed by atoms with van der Waals surface area (Å²) in [5.41, 5.74) is -0.861. The van der Waals surface area contributed by atoms with Crippen LogP contribution in [0.25, 0.3) is 0 Å². The van der Waals surface area contributed by atoms with Crippen molar-refractivity contribution in [3.63, 3.8) is 0 Å². The Morgan fingerprint density at radius 3 is 2.60 bits per heavy atom. The van der Waals surface area contributed by atoms with Gasteiger partial charge in [-0.05, 0) is 12.1 Å². The summed E-state index contributed by atoms with van der Waals surface area (Å²) in [6, 6.07) is 4.03. The Kier molecular flexibility index (Phi) is 2.52. The standard InChI is InChI=1S/C9H10F3N3/c10-9(11,12)7-2-1-3-8(15-7)14-6-4-13-5-6/h1-3,6,13H,4-5H2,(H,14,15). The molecule has 3 nitrogen and oxygen atoms in total. The van der Waals surface area contributed by atoms with E-state index in [2.05, 4.69) is 15.6 Å². The summed E-state index contributed by atoms with van der Waals surface area (Å²) in [6.45, 7) is 1.52. The molecule has 0 spiro atoms. The molecule has 1 saturated heterocycles. The minimum absolute atomic E-state index is 0.181. The highest BCUT2D eigenvalue weighted by Crippen LogP contribution is 2.28. The van der Waals surface area contributed by atoms with Gasteiger partial charge in [0.25, 0.3) is 0 Å². The number of hydrogen-bond donors (Lipinski definition) is 2. The Morgan fingerprint density at radius 1 is 1.33 bits per heavy atom. The summed E-state index contributed by atoms with van der Waals surface area (Å²) in [4.78, 5) is 3.50. The summed E-state index contributed by atoms with van der Waals surface area (Å²) in [5, 5.41) is 5.93. The maximum atomic E-state index is 12.3. The second-order valence-electron chi connectivity index (χ2n) is 3.41. The molecule has 0 amide bonds. The molecule has 1 aliphatic rings. The molecule has 0 aliphatic carbocycles. The van der Waals surface area contributed by atoms with Crippen LogP contribution in [0, 0.1) is 0 Å². The fourth-order valence-electron chi connectivity index (χ4n) is 1.27. The molecule has 0 saturated carbocycles. The summed E-state index contributed by atoms with van der Waals surface area (Å²) < 4.78 is 36.9. The SMILES string of the molecule is FC(F)(F)c1cccc(NC2CNC2)n1. The van der Waals surface area contributed by atoms with Crippen molar-refractivity contribution < 1.29 is 13.2 Å². The zero-order chi connectivity index (χ0) is 10.9. The van der Waals surface area contributed by atoms with Crippen molar-refractivity contribution in [2.75, 3.05) is 18.4 Å². The van der Waals surface area contributed by atoms with Crippen LogP contribution in [-0.2, 0) is 6.18 Å². The van der Waals surface area contributed by atoms with Gasteiger partial charge in [0.15, 0.2) is 0 Å². The first-order chi connectivity index (χ1) is 7.05. The van der Waals surface area contributed by atoms with Crippen LogP contribution in [0.5, 0.6) is 0 Å². The molecule has 15 heavy (non-hydrogen) atoms. The number of aromatic nitrogens is 1. The van der Waals surface area contributed by atoms with Crippen LogP contribution in [-0.4, -0.2) is 24.1 Å². The first-order valence-electron chi connectivity index (χ1n) is 4.57. The number of nitrogens with one attached hydrogen (secondary N) is 2. The van der Waals surface area contributed by atoms with Gasteiger partial charge in [0.1, 0.15) is 11.5 Å². The van der Waals surface area contributed by atoms with E-state index in [9.17, 15) is 13.2 Å². The fourth-order valence-corrected chi connectivity index (χ4v) is 1.27. The third-order valence-electron chi connectivity index (χ3n) is 2.17. The van der Waals surface area contributed by atoms with Crippen LogP contribution in [0.4, 0.5) is 19.0 Å². The molecule has 2 heterocycles. The molecule has 0 aromatic carbocycles. The first-order valence-corrected chi connectivity index (χ1v) is 4.57. The molecule has 1 fully saturated rings. The van der Waals surface area contributed by atoms with Gasteiger partial charge in [-0.3, -0.25) is 0 Å². The lowest BCUT2D eigenvalue weighted by molar-refractivity contribution is -0.141. The molecule has 0 radical (unpaired) electrons. The average Bonchev–Trinajstić information content (AvgIpc) is 2.11. The molecule has 0 unspecified atom stereocenters. The van der Waals surface area contributed by atoms with E-state index in [-0.39, 0.29) is 11.9 Å². The van der Waals surface area contributed by atoms with Crippen LogP contribution >= 0.6 is 0 Å². The predicted molar refractivity (Wildman–Crippen MR) is 49.5 cm³/mol. The Balaban J connectivity index is 2.11. The number of anilines is 1. The molecule has 0 atom stereocenters. The maximum absolute atomic E-state index is 12.3. The van der Waals surface area contributed by atoms with Gasteiger partial charge in [0.05, 0.1) is 6.04 Å². The molecular weight excluding hydrogens is 207 g/mol. The topological polar surface area (TPSA) is 37.0 Å². The molecule has 1 aromatic rings. The molecule has 2 N–H and O–H groups in total. The third-order valence-corrected chi connectivity index (χ3v) is 2.17. The van der Waals surface area contributed by atoms with Crippen LogP contribution in [0.1, 0.15) is 5.69 Å². The van der Waals surface area contributed by atoms with Crippen LogP contribution in [0.2, 0.25) is 0 Å². The van der Waals surface area contributed by atoms with Gasteiger partial charge in [-0.15, -0.1) is 0 Å². The normalized spacial score (nSPS) is 17.3. The van der Waals surface area contributed by atoms with Crippen LogP contribution in [0.15, 0.2) is 18.2 Å². The van der Waals surface area contributed by atoms with Crippen molar-refractivity contribution in [1.82, 2.24) is 10.3 Å². The van der Waals surface area contributed by atoms with Crippen molar-refractivity contribution in [3.8, 4) is 0 Å². The van der Waals surface area contributed by atoms with Gasteiger partial charge in [-0.25, -0.2) is 4.98 Å². The van der Waals surface area contributed by atoms with E-state index in [1.54, 1.807) is 0 Å². The Hall–Kier alpha value is -1.30. The van der Waals surface area contributed by atoms with E-state index >= 15 is 0 Å². The number of pyridine rings is 1. The fraction of sp³-hybridized carbons (Fsp3) is 0.444. The lowest BCUT2D eigenvalue weighted by atomic mass is 10.2. The zero-order valence-electron chi connectivity index (χ0n) is 7.80. The molecule has 1 aromatic heterocycles. The van der Waals surface area contributed by atoms with Crippen molar-refractivity contribution in [3.05, 3.63) is 23.9 Å². The van der Waals surface area contributed by atoms with E-state index < -0.39 is 11.9 Å². The van der Waals surface area contributed by atoms with Crippen molar-refractivity contribution in [2.24, 2.45) is 0 Å². The average molecular weight is 217 g/mol. The summed E-state index contributed by atoms with van der Waals surface area (Å²) in [6.07, 6.45) is -4.38. The Labute approximate surface area is 84.7 Å². The molecule has 0 bridgehead atoms. The quantitative estimate of drug-likeness (QED) is 0.788. The first kappa shape index (κ1) is 10.2. The van der Waals surface area contributed by atoms with Crippen molar-refractivity contribution in [2.45, 2.75) is 12.2 Å². The third kappa shape index (κ3) is 2.38. The number of hydrogen-bond acceptors (Lipinski definition) is 3. The molecule has 82 valence electrons. The van der Waals surface area contributed by atoms with E-state index in [0.29, 0.717) is 0 Å². The summed E-state index contributed by atoms with van der Waals surface area (Å²) in [7, 11) is 0. The molecule has 6 heteroatoms. The van der Waals surface area contributed by atoms with Gasteiger partial charge in [0, 0.05) is 13.1 Å². The van der Waals surface area contributed by atoms with E-state index in [4.69, 9.17) is 0 Å². The monoisotopic (exact) mass is 217 g/mol.